The predicted molar refractivity (Wildman–Crippen MR) is 107 cm³/mol. The van der Waals surface area contributed by atoms with Crippen molar-refractivity contribution in [1.29, 1.82) is 0 Å². The van der Waals surface area contributed by atoms with Gasteiger partial charge in [0.1, 0.15) is 0 Å². The van der Waals surface area contributed by atoms with Crippen LogP contribution in [0.15, 0.2) is 60.8 Å². The fourth-order valence-corrected chi connectivity index (χ4v) is 2.98. The molecule has 2 heterocycles. The fourth-order valence-electron chi connectivity index (χ4n) is 2.98. The summed E-state index contributed by atoms with van der Waals surface area (Å²) in [5.74, 6) is 0. The summed E-state index contributed by atoms with van der Waals surface area (Å²) in [4.78, 5) is 6.79. The average molecular weight is 513 g/mol. The van der Waals surface area contributed by atoms with Crippen molar-refractivity contribution >= 4 is 22.7 Å². The molecule has 1 fully saturated rings. The van der Waals surface area contributed by atoms with Gasteiger partial charge < -0.3 is 10.2 Å². The summed E-state index contributed by atoms with van der Waals surface area (Å²) in [7, 11) is 0. The van der Waals surface area contributed by atoms with E-state index in [0.717, 1.165) is 37.3 Å². The van der Waals surface area contributed by atoms with Crippen molar-refractivity contribution in [3.05, 3.63) is 83.8 Å². The maximum atomic E-state index is 5.29. The Kier molecular flexibility index (Phi) is 8.02. The first-order valence-electron chi connectivity index (χ1n) is 8.61. The number of hydrogen-bond acceptors (Lipinski definition) is 2. The Hall–Kier alpha value is -1.96. The van der Waals surface area contributed by atoms with Crippen LogP contribution in [-0.2, 0) is 21.1 Å². The SMILES string of the molecule is [CH-]=Cc1cccc(C)c1.[W+2].c1cc(N2CC[N-]CC2)c2cccnc2c1. The van der Waals surface area contributed by atoms with Crippen molar-refractivity contribution in [2.45, 2.75) is 6.92 Å². The normalized spacial score (nSPS) is 13.3. The number of pyridine rings is 1. The first-order chi connectivity index (χ1) is 12.3. The summed E-state index contributed by atoms with van der Waals surface area (Å²) in [5, 5.41) is 5.62. The summed E-state index contributed by atoms with van der Waals surface area (Å²) >= 11 is 0. The monoisotopic (exact) mass is 513 g/mol. The van der Waals surface area contributed by atoms with Crippen molar-refractivity contribution in [1.82, 2.24) is 4.98 Å². The zero-order valence-corrected chi connectivity index (χ0v) is 17.9. The molecule has 2 aromatic carbocycles. The molecule has 0 unspecified atom stereocenters. The molecule has 0 atom stereocenters. The van der Waals surface area contributed by atoms with E-state index in [1.54, 1.807) is 6.08 Å². The number of hydrogen-bond donors (Lipinski definition) is 0. The Bertz CT molecular complexity index is 836. The molecule has 0 bridgehead atoms. The van der Waals surface area contributed by atoms with Gasteiger partial charge in [0.25, 0.3) is 0 Å². The summed E-state index contributed by atoms with van der Waals surface area (Å²) in [6.07, 6.45) is 3.45. The molecule has 26 heavy (non-hydrogen) atoms. The Morgan fingerprint density at radius 1 is 1.04 bits per heavy atom. The van der Waals surface area contributed by atoms with Gasteiger partial charge in [0, 0.05) is 17.3 Å². The van der Waals surface area contributed by atoms with Crippen LogP contribution >= 0.6 is 0 Å². The van der Waals surface area contributed by atoms with Crippen molar-refractivity contribution in [2.75, 3.05) is 31.1 Å². The molecule has 0 aliphatic carbocycles. The molecule has 0 radical (unpaired) electrons. The van der Waals surface area contributed by atoms with E-state index < -0.39 is 0 Å². The first kappa shape index (κ1) is 20.4. The first-order valence-corrected chi connectivity index (χ1v) is 8.61. The second kappa shape index (κ2) is 10.3. The van der Waals surface area contributed by atoms with E-state index in [9.17, 15) is 0 Å². The van der Waals surface area contributed by atoms with Gasteiger partial charge in [-0.1, -0.05) is 23.8 Å². The van der Waals surface area contributed by atoms with Gasteiger partial charge in [-0.25, -0.2) is 6.08 Å². The maximum absolute atomic E-state index is 5.29. The molecule has 4 heteroatoms. The number of aromatic nitrogens is 1. The van der Waals surface area contributed by atoms with Crippen LogP contribution in [0.5, 0.6) is 0 Å². The number of piperazine rings is 1. The molecule has 1 aliphatic heterocycles. The van der Waals surface area contributed by atoms with Crippen LogP contribution in [-0.4, -0.2) is 31.2 Å². The Balaban J connectivity index is 0.000000210. The van der Waals surface area contributed by atoms with Crippen LogP contribution in [0.2, 0.25) is 0 Å². The van der Waals surface area contributed by atoms with Gasteiger partial charge in [-0.05, 0) is 44.3 Å². The summed E-state index contributed by atoms with van der Waals surface area (Å²) < 4.78 is 0. The number of benzene rings is 2. The molecular weight excluding hydrogens is 490 g/mol. The largest absolute Gasteiger partial charge is 2.00 e. The van der Waals surface area contributed by atoms with E-state index in [1.807, 2.05) is 43.5 Å². The molecule has 1 aliphatic rings. The molecular formula is C22H23N3W. The average Bonchev–Trinajstić information content (AvgIpc) is 2.69. The van der Waals surface area contributed by atoms with Gasteiger partial charge in [0.05, 0.1) is 5.52 Å². The van der Waals surface area contributed by atoms with Gasteiger partial charge in [-0.3, -0.25) is 11.6 Å². The molecule has 1 aromatic heterocycles. The topological polar surface area (TPSA) is 30.2 Å². The van der Waals surface area contributed by atoms with Crippen LogP contribution < -0.4 is 4.90 Å². The number of rotatable bonds is 2. The second-order valence-corrected chi connectivity index (χ2v) is 6.09. The molecule has 3 nitrogen and oxygen atoms in total. The maximum Gasteiger partial charge on any atom is 2.00 e. The van der Waals surface area contributed by atoms with Gasteiger partial charge in [-0.2, -0.15) is 5.56 Å². The van der Waals surface area contributed by atoms with Crippen molar-refractivity contribution < 1.29 is 21.1 Å². The third-order valence-electron chi connectivity index (χ3n) is 4.25. The summed E-state index contributed by atoms with van der Waals surface area (Å²) in [5.41, 5.74) is 4.69. The quantitative estimate of drug-likeness (QED) is 0.458. The zero-order valence-electron chi connectivity index (χ0n) is 15.0. The smallest absolute Gasteiger partial charge is 0.659 e. The molecule has 132 valence electrons. The molecule has 3 aromatic rings. The van der Waals surface area contributed by atoms with Gasteiger partial charge in [0.15, 0.2) is 0 Å². The van der Waals surface area contributed by atoms with Crippen LogP contribution in [0, 0.1) is 13.5 Å². The van der Waals surface area contributed by atoms with E-state index in [4.69, 9.17) is 6.58 Å². The zero-order chi connectivity index (χ0) is 17.5. The Morgan fingerprint density at radius 2 is 1.81 bits per heavy atom. The summed E-state index contributed by atoms with van der Waals surface area (Å²) in [6, 6.07) is 18.5. The minimum absolute atomic E-state index is 0. The third-order valence-corrected chi connectivity index (χ3v) is 4.25. The van der Waals surface area contributed by atoms with E-state index in [-0.39, 0.29) is 21.1 Å². The number of aryl methyl sites for hydroxylation is 1. The predicted octanol–water partition coefficient (Wildman–Crippen LogP) is 4.87. The fraction of sp³-hybridized carbons (Fsp3) is 0.227. The minimum Gasteiger partial charge on any atom is -0.659 e. The van der Waals surface area contributed by atoms with E-state index in [0.29, 0.717) is 0 Å². The molecule has 0 amide bonds. The van der Waals surface area contributed by atoms with Crippen molar-refractivity contribution in [3.63, 3.8) is 0 Å². The molecule has 0 spiro atoms. The van der Waals surface area contributed by atoms with Gasteiger partial charge in [-0.15, -0.1) is 25.2 Å². The van der Waals surface area contributed by atoms with Crippen LogP contribution in [0.1, 0.15) is 11.1 Å². The Labute approximate surface area is 170 Å². The van der Waals surface area contributed by atoms with Gasteiger partial charge in [0.2, 0.25) is 0 Å². The second-order valence-electron chi connectivity index (χ2n) is 6.09. The number of fused-ring (bicyclic) bond motifs is 1. The molecule has 4 rings (SSSR count). The molecule has 1 saturated heterocycles. The van der Waals surface area contributed by atoms with Gasteiger partial charge >= 0.3 is 21.1 Å². The van der Waals surface area contributed by atoms with E-state index in [2.05, 4.69) is 39.5 Å². The molecule has 0 N–H and O–H groups in total. The standard InChI is InChI=1S/C13H14N3.C9H9.W/c1-4-12-11(3-2-6-15-12)13(5-1)16-9-7-14-8-10-16;1-3-9-6-4-5-8(2)7-9;/h1-6H,7-10H2;1,3-7H,2H3;/q2*-1;+2. The number of nitrogens with zero attached hydrogens (tertiary/aromatic N) is 3. The summed E-state index contributed by atoms with van der Waals surface area (Å²) in [6.45, 7) is 11.3. The molecule has 0 saturated carbocycles. The van der Waals surface area contributed by atoms with Crippen molar-refractivity contribution in [2.24, 2.45) is 0 Å². The van der Waals surface area contributed by atoms with E-state index in [1.165, 1.54) is 16.6 Å². The van der Waals surface area contributed by atoms with Crippen LogP contribution in [0.25, 0.3) is 22.3 Å². The Morgan fingerprint density at radius 3 is 2.50 bits per heavy atom. The van der Waals surface area contributed by atoms with Crippen molar-refractivity contribution in [3.8, 4) is 0 Å². The number of anilines is 1. The third kappa shape index (κ3) is 5.27. The van der Waals surface area contributed by atoms with Crippen LogP contribution in [0.3, 0.4) is 0 Å². The van der Waals surface area contributed by atoms with Crippen LogP contribution in [0.4, 0.5) is 5.69 Å². The minimum atomic E-state index is 0. The van der Waals surface area contributed by atoms with E-state index >= 15 is 0 Å².